The molecule has 4 atom stereocenters. The molecule has 0 aromatic heterocycles. The van der Waals surface area contributed by atoms with Crippen LogP contribution in [0, 0.1) is 17.8 Å². The lowest BCUT2D eigenvalue weighted by molar-refractivity contribution is -0.142. The number of hydrogen-bond acceptors (Lipinski definition) is 2. The summed E-state index contributed by atoms with van der Waals surface area (Å²) in [5.41, 5.74) is 0. The van der Waals surface area contributed by atoms with E-state index in [-0.39, 0.29) is 12.1 Å². The maximum atomic E-state index is 11.1. The van der Waals surface area contributed by atoms with E-state index < -0.39 is 0 Å². The first-order chi connectivity index (χ1) is 7.72. The number of ether oxygens (including phenoxy) is 1. The van der Waals surface area contributed by atoms with Gasteiger partial charge in [0.2, 0.25) is 0 Å². The molecule has 0 N–H and O–H groups in total. The molecule has 1 saturated carbocycles. The van der Waals surface area contributed by atoms with Crippen LogP contribution >= 0.6 is 0 Å². The van der Waals surface area contributed by atoms with Crippen LogP contribution in [0.5, 0.6) is 0 Å². The number of rotatable bonds is 4. The number of carbonyl (C=O) groups excluding carboxylic acids is 1. The largest absolute Gasteiger partial charge is 0.462 e. The first-order valence-electron chi connectivity index (χ1n) is 6.92. The zero-order valence-corrected chi connectivity index (χ0v) is 10.6. The Balaban J connectivity index is 1.86. The summed E-state index contributed by atoms with van der Waals surface area (Å²) in [5.74, 6) is 2.63. The molecule has 2 nitrogen and oxygen atoms in total. The third-order valence-corrected chi connectivity index (χ3v) is 4.57. The SMILES string of the molecule is CCC1CC(CC)C(CC2CCC(=O)O2)C1. The van der Waals surface area contributed by atoms with Crippen LogP contribution in [-0.2, 0) is 9.53 Å². The van der Waals surface area contributed by atoms with E-state index in [1.807, 2.05) is 0 Å². The lowest BCUT2D eigenvalue weighted by atomic mass is 9.88. The minimum Gasteiger partial charge on any atom is -0.462 e. The molecule has 2 rings (SSSR count). The van der Waals surface area contributed by atoms with Crippen LogP contribution < -0.4 is 0 Å². The number of cyclic esters (lactones) is 1. The summed E-state index contributed by atoms with van der Waals surface area (Å²) in [6, 6.07) is 0. The molecule has 0 spiro atoms. The third kappa shape index (κ3) is 2.58. The molecule has 0 radical (unpaired) electrons. The van der Waals surface area contributed by atoms with Crippen molar-refractivity contribution in [3.63, 3.8) is 0 Å². The molecular weight excluding hydrogens is 200 g/mol. The van der Waals surface area contributed by atoms with Crippen LogP contribution in [-0.4, -0.2) is 12.1 Å². The summed E-state index contributed by atoms with van der Waals surface area (Å²) in [7, 11) is 0. The van der Waals surface area contributed by atoms with E-state index in [1.54, 1.807) is 0 Å². The van der Waals surface area contributed by atoms with Gasteiger partial charge in [0.25, 0.3) is 0 Å². The van der Waals surface area contributed by atoms with Crippen molar-refractivity contribution in [1.29, 1.82) is 0 Å². The summed E-state index contributed by atoms with van der Waals surface area (Å²) in [5, 5.41) is 0. The minimum absolute atomic E-state index is 0.0167. The fourth-order valence-electron chi connectivity index (χ4n) is 3.55. The second-order valence-electron chi connectivity index (χ2n) is 5.56. The molecule has 1 aliphatic carbocycles. The van der Waals surface area contributed by atoms with Gasteiger partial charge in [0.1, 0.15) is 6.10 Å². The minimum atomic E-state index is 0.0167. The van der Waals surface area contributed by atoms with Crippen LogP contribution in [0.25, 0.3) is 0 Å². The van der Waals surface area contributed by atoms with Crippen molar-refractivity contribution in [3.8, 4) is 0 Å². The average Bonchev–Trinajstić information content (AvgIpc) is 2.85. The molecule has 1 aliphatic heterocycles. The molecular formula is C14H24O2. The molecule has 2 fully saturated rings. The fourth-order valence-corrected chi connectivity index (χ4v) is 3.55. The Morgan fingerprint density at radius 3 is 2.50 bits per heavy atom. The number of carbonyl (C=O) groups is 1. The van der Waals surface area contributed by atoms with E-state index in [9.17, 15) is 4.79 Å². The second-order valence-corrected chi connectivity index (χ2v) is 5.56. The quantitative estimate of drug-likeness (QED) is 0.683. The smallest absolute Gasteiger partial charge is 0.306 e. The Bertz CT molecular complexity index is 249. The first kappa shape index (κ1) is 11.9. The number of esters is 1. The van der Waals surface area contributed by atoms with Crippen molar-refractivity contribution < 1.29 is 9.53 Å². The molecule has 0 aromatic carbocycles. The topological polar surface area (TPSA) is 26.3 Å². The predicted octanol–water partition coefficient (Wildman–Crippen LogP) is 3.54. The van der Waals surface area contributed by atoms with Crippen molar-refractivity contribution in [2.45, 2.75) is 64.9 Å². The Labute approximate surface area is 98.7 Å². The highest BCUT2D eigenvalue weighted by Crippen LogP contribution is 2.43. The predicted molar refractivity (Wildman–Crippen MR) is 64.0 cm³/mol. The average molecular weight is 224 g/mol. The third-order valence-electron chi connectivity index (χ3n) is 4.57. The summed E-state index contributed by atoms with van der Waals surface area (Å²) < 4.78 is 5.35. The van der Waals surface area contributed by atoms with Gasteiger partial charge in [-0.3, -0.25) is 4.79 Å². The molecule has 16 heavy (non-hydrogen) atoms. The van der Waals surface area contributed by atoms with Crippen molar-refractivity contribution in [2.24, 2.45) is 17.8 Å². The Morgan fingerprint density at radius 1 is 1.19 bits per heavy atom. The van der Waals surface area contributed by atoms with Crippen molar-refractivity contribution in [2.75, 3.05) is 0 Å². The normalized spacial score (nSPS) is 39.0. The summed E-state index contributed by atoms with van der Waals surface area (Å²) in [4.78, 5) is 11.1. The number of hydrogen-bond donors (Lipinski definition) is 0. The van der Waals surface area contributed by atoms with Gasteiger partial charge < -0.3 is 4.74 Å². The van der Waals surface area contributed by atoms with E-state index in [4.69, 9.17) is 4.74 Å². The maximum Gasteiger partial charge on any atom is 0.306 e. The molecule has 2 aliphatic rings. The molecule has 92 valence electrons. The van der Waals surface area contributed by atoms with E-state index in [0.717, 1.165) is 30.6 Å². The van der Waals surface area contributed by atoms with E-state index >= 15 is 0 Å². The maximum absolute atomic E-state index is 11.1. The monoisotopic (exact) mass is 224 g/mol. The van der Waals surface area contributed by atoms with E-state index in [0.29, 0.717) is 6.42 Å². The Hall–Kier alpha value is -0.530. The fraction of sp³-hybridized carbons (Fsp3) is 0.929. The van der Waals surface area contributed by atoms with Crippen LogP contribution in [0.15, 0.2) is 0 Å². The first-order valence-corrected chi connectivity index (χ1v) is 6.92. The molecule has 0 bridgehead atoms. The highest BCUT2D eigenvalue weighted by Gasteiger charge is 2.35. The van der Waals surface area contributed by atoms with Crippen LogP contribution in [0.2, 0.25) is 0 Å². The van der Waals surface area contributed by atoms with Crippen molar-refractivity contribution in [3.05, 3.63) is 0 Å². The Morgan fingerprint density at radius 2 is 1.94 bits per heavy atom. The van der Waals surface area contributed by atoms with Gasteiger partial charge in [-0.2, -0.15) is 0 Å². The van der Waals surface area contributed by atoms with Crippen LogP contribution in [0.3, 0.4) is 0 Å². The molecule has 4 unspecified atom stereocenters. The van der Waals surface area contributed by atoms with Gasteiger partial charge in [0.05, 0.1) is 0 Å². The van der Waals surface area contributed by atoms with Crippen LogP contribution in [0.1, 0.15) is 58.8 Å². The summed E-state index contributed by atoms with van der Waals surface area (Å²) >= 11 is 0. The summed E-state index contributed by atoms with van der Waals surface area (Å²) in [6.07, 6.45) is 8.34. The van der Waals surface area contributed by atoms with E-state index in [1.165, 1.54) is 25.7 Å². The van der Waals surface area contributed by atoms with Gasteiger partial charge in [-0.05, 0) is 43.4 Å². The Kier molecular flexibility index (Phi) is 3.88. The summed E-state index contributed by atoms with van der Waals surface area (Å²) in [6.45, 7) is 4.60. The van der Waals surface area contributed by atoms with Gasteiger partial charge in [-0.15, -0.1) is 0 Å². The molecule has 1 heterocycles. The zero-order valence-electron chi connectivity index (χ0n) is 10.6. The highest BCUT2D eigenvalue weighted by molar-refractivity contribution is 5.71. The molecule has 2 heteroatoms. The van der Waals surface area contributed by atoms with Crippen LogP contribution in [0.4, 0.5) is 0 Å². The van der Waals surface area contributed by atoms with Gasteiger partial charge in [0.15, 0.2) is 0 Å². The van der Waals surface area contributed by atoms with Gasteiger partial charge >= 0.3 is 5.97 Å². The van der Waals surface area contributed by atoms with Gasteiger partial charge in [-0.1, -0.05) is 26.7 Å². The standard InChI is InChI=1S/C14H24O2/c1-3-10-7-11(4-2)12(8-10)9-13-5-6-14(15)16-13/h10-13H,3-9H2,1-2H3. The molecule has 1 saturated heterocycles. The highest BCUT2D eigenvalue weighted by atomic mass is 16.5. The van der Waals surface area contributed by atoms with E-state index in [2.05, 4.69) is 13.8 Å². The van der Waals surface area contributed by atoms with Gasteiger partial charge in [-0.25, -0.2) is 0 Å². The molecule has 0 aromatic rings. The van der Waals surface area contributed by atoms with Crippen molar-refractivity contribution >= 4 is 5.97 Å². The zero-order chi connectivity index (χ0) is 11.5. The second kappa shape index (κ2) is 5.20. The molecule has 0 amide bonds. The van der Waals surface area contributed by atoms with Crippen molar-refractivity contribution in [1.82, 2.24) is 0 Å². The lowest BCUT2D eigenvalue weighted by Gasteiger charge is -2.20. The lowest BCUT2D eigenvalue weighted by Crippen LogP contribution is -2.16. The van der Waals surface area contributed by atoms with Gasteiger partial charge in [0, 0.05) is 6.42 Å².